The van der Waals surface area contributed by atoms with E-state index >= 15 is 0 Å². The molecule has 5 heterocycles. The zero-order valence-corrected chi connectivity index (χ0v) is 15.3. The molecular weight excluding hydrogens is 322 g/mol. The third-order valence-electron chi connectivity index (χ3n) is 7.37. The van der Waals surface area contributed by atoms with Gasteiger partial charge in [0, 0.05) is 47.8 Å². The lowest BCUT2D eigenvalue weighted by Gasteiger charge is -2.51. The van der Waals surface area contributed by atoms with E-state index in [4.69, 9.17) is 9.47 Å². The van der Waals surface area contributed by atoms with Gasteiger partial charge in [-0.05, 0) is 37.5 Å². The molecule has 0 bridgehead atoms. The van der Waals surface area contributed by atoms with E-state index in [1.54, 1.807) is 0 Å². The molecule has 5 fully saturated rings. The predicted molar refractivity (Wildman–Crippen MR) is 96.5 cm³/mol. The van der Waals surface area contributed by atoms with Crippen LogP contribution in [0.1, 0.15) is 19.3 Å². The van der Waals surface area contributed by atoms with Crippen LogP contribution in [-0.4, -0.2) is 75.7 Å². The van der Waals surface area contributed by atoms with Crippen LogP contribution in [0.15, 0.2) is 0 Å². The van der Waals surface area contributed by atoms with Gasteiger partial charge in [-0.15, -0.1) is 0 Å². The van der Waals surface area contributed by atoms with Crippen molar-refractivity contribution in [1.82, 2.24) is 16.0 Å². The maximum absolute atomic E-state index is 5.80. The van der Waals surface area contributed by atoms with Gasteiger partial charge in [0.15, 0.2) is 0 Å². The minimum Gasteiger partial charge on any atom is -0.380 e. The molecule has 5 unspecified atom stereocenters. The van der Waals surface area contributed by atoms with Crippen LogP contribution in [0.5, 0.6) is 0 Å². The fourth-order valence-corrected chi connectivity index (χ4v) is 7.60. The third kappa shape index (κ3) is 2.57. The number of thioether (sulfide) groups is 1. The Morgan fingerprint density at radius 2 is 1.88 bits per heavy atom. The van der Waals surface area contributed by atoms with E-state index in [1.807, 2.05) is 0 Å². The molecule has 5 atom stereocenters. The highest BCUT2D eigenvalue weighted by Crippen LogP contribution is 2.52. The van der Waals surface area contributed by atoms with Gasteiger partial charge in [-0.3, -0.25) is 0 Å². The monoisotopic (exact) mass is 353 g/mol. The first kappa shape index (κ1) is 16.3. The number of rotatable bonds is 2. The summed E-state index contributed by atoms with van der Waals surface area (Å²) >= 11 is 2.16. The van der Waals surface area contributed by atoms with E-state index in [-0.39, 0.29) is 0 Å². The summed E-state index contributed by atoms with van der Waals surface area (Å²) in [6.07, 6.45) is 3.97. The Kier molecular flexibility index (Phi) is 4.35. The Labute approximate surface area is 149 Å². The van der Waals surface area contributed by atoms with Crippen molar-refractivity contribution in [2.24, 2.45) is 16.7 Å². The first-order valence-corrected chi connectivity index (χ1v) is 10.9. The zero-order valence-electron chi connectivity index (χ0n) is 14.5. The number of hydrogen-bond acceptors (Lipinski definition) is 6. The van der Waals surface area contributed by atoms with Crippen LogP contribution in [0.4, 0.5) is 0 Å². The Balaban J connectivity index is 1.37. The molecule has 0 aromatic carbocycles. The maximum Gasteiger partial charge on any atom is 0.0635 e. The molecule has 6 heteroatoms. The topological polar surface area (TPSA) is 54.5 Å². The van der Waals surface area contributed by atoms with E-state index in [1.165, 1.54) is 37.3 Å². The highest BCUT2D eigenvalue weighted by Gasteiger charge is 2.58. The van der Waals surface area contributed by atoms with Crippen LogP contribution in [0.2, 0.25) is 0 Å². The van der Waals surface area contributed by atoms with Crippen LogP contribution in [0.3, 0.4) is 0 Å². The van der Waals surface area contributed by atoms with Crippen molar-refractivity contribution < 1.29 is 9.47 Å². The summed E-state index contributed by atoms with van der Waals surface area (Å²) in [4.78, 5) is 0. The predicted octanol–water partition coefficient (Wildman–Crippen LogP) is 0.455. The summed E-state index contributed by atoms with van der Waals surface area (Å²) in [5.41, 5.74) is 0.928. The second-order valence-corrected chi connectivity index (χ2v) is 9.78. The van der Waals surface area contributed by atoms with Gasteiger partial charge < -0.3 is 25.4 Å². The highest BCUT2D eigenvalue weighted by molar-refractivity contribution is 7.99. The van der Waals surface area contributed by atoms with Gasteiger partial charge in [-0.25, -0.2) is 0 Å². The van der Waals surface area contributed by atoms with E-state index in [2.05, 4.69) is 27.7 Å². The van der Waals surface area contributed by atoms with Gasteiger partial charge in [0.1, 0.15) is 0 Å². The second kappa shape index (κ2) is 6.39. The van der Waals surface area contributed by atoms with Gasteiger partial charge in [-0.1, -0.05) is 0 Å². The second-order valence-electron chi connectivity index (χ2n) is 8.67. The summed E-state index contributed by atoms with van der Waals surface area (Å²) in [6, 6.07) is 1.70. The lowest BCUT2D eigenvalue weighted by molar-refractivity contribution is -0.139. The van der Waals surface area contributed by atoms with E-state index in [9.17, 15) is 0 Å². The highest BCUT2D eigenvalue weighted by atomic mass is 32.2. The molecule has 5 aliphatic rings. The Morgan fingerprint density at radius 3 is 2.58 bits per heavy atom. The molecule has 5 nitrogen and oxygen atoms in total. The molecule has 0 saturated carbocycles. The lowest BCUT2D eigenvalue weighted by atomic mass is 9.63. The quantitative estimate of drug-likeness (QED) is 0.670. The van der Waals surface area contributed by atoms with Crippen LogP contribution in [-0.2, 0) is 9.47 Å². The van der Waals surface area contributed by atoms with Crippen molar-refractivity contribution in [1.29, 1.82) is 0 Å². The van der Waals surface area contributed by atoms with Crippen LogP contribution >= 0.6 is 11.8 Å². The van der Waals surface area contributed by atoms with Crippen LogP contribution in [0, 0.1) is 16.7 Å². The van der Waals surface area contributed by atoms with Crippen molar-refractivity contribution in [2.75, 3.05) is 57.6 Å². The Morgan fingerprint density at radius 1 is 0.958 bits per heavy atom. The normalized spacial score (nSPS) is 48.0. The Hall–Kier alpha value is 0.150. The van der Waals surface area contributed by atoms with Gasteiger partial charge >= 0.3 is 0 Å². The molecule has 24 heavy (non-hydrogen) atoms. The summed E-state index contributed by atoms with van der Waals surface area (Å²) in [5, 5.41) is 11.6. The van der Waals surface area contributed by atoms with Gasteiger partial charge in [0.05, 0.1) is 26.4 Å². The molecule has 0 aromatic heterocycles. The van der Waals surface area contributed by atoms with E-state index in [0.717, 1.165) is 45.4 Å². The molecule has 0 amide bonds. The fraction of sp³-hybridized carbons (Fsp3) is 1.00. The van der Waals surface area contributed by atoms with Crippen molar-refractivity contribution in [3.05, 3.63) is 0 Å². The van der Waals surface area contributed by atoms with Crippen molar-refractivity contribution >= 4 is 11.8 Å². The number of hydrogen-bond donors (Lipinski definition) is 3. The Bertz CT molecular complexity index is 461. The van der Waals surface area contributed by atoms with Crippen molar-refractivity contribution in [2.45, 2.75) is 37.4 Å². The molecule has 5 saturated heterocycles. The largest absolute Gasteiger partial charge is 0.380 e. The van der Waals surface area contributed by atoms with Gasteiger partial charge in [-0.2, -0.15) is 11.8 Å². The summed E-state index contributed by atoms with van der Waals surface area (Å²) in [6.45, 7) is 7.05. The molecule has 5 rings (SSSR count). The van der Waals surface area contributed by atoms with E-state index in [0.29, 0.717) is 29.0 Å². The van der Waals surface area contributed by atoms with E-state index < -0.39 is 0 Å². The average molecular weight is 354 g/mol. The first-order chi connectivity index (χ1) is 11.8. The average Bonchev–Trinajstić information content (AvgIpc) is 3.23. The van der Waals surface area contributed by atoms with Crippen LogP contribution < -0.4 is 16.0 Å². The number of ether oxygens (including phenoxy) is 2. The summed E-state index contributed by atoms with van der Waals surface area (Å²) < 4.78 is 11.4. The fourth-order valence-electron chi connectivity index (χ4n) is 6.01. The summed E-state index contributed by atoms with van der Waals surface area (Å²) in [7, 11) is 0. The standard InChI is InChI=1S/C18H31N3O2S/c1-3-19-14(7-17(1)10-23-11-17)13-8-21-16(15-9-22-5-4-20-15)18(13)2-6-24-12-18/h13-16,19-21H,1-12H2. The minimum atomic E-state index is 0.434. The molecule has 2 spiro atoms. The van der Waals surface area contributed by atoms with Gasteiger partial charge in [0.2, 0.25) is 0 Å². The zero-order chi connectivity index (χ0) is 16.0. The number of piperidine rings is 1. The smallest absolute Gasteiger partial charge is 0.0635 e. The SMILES string of the molecule is C1CC2(COC2)CC(C2CNC(C3COCCN3)C23CCSC3)N1. The van der Waals surface area contributed by atoms with Gasteiger partial charge in [0.25, 0.3) is 0 Å². The summed E-state index contributed by atoms with van der Waals surface area (Å²) in [5.74, 6) is 3.39. The molecule has 0 aliphatic carbocycles. The molecule has 5 aliphatic heterocycles. The molecule has 3 N–H and O–H groups in total. The molecule has 136 valence electrons. The minimum absolute atomic E-state index is 0.434. The molecule has 0 radical (unpaired) electrons. The number of nitrogens with one attached hydrogen (secondary N) is 3. The molecule has 0 aromatic rings. The molecular formula is C18H31N3O2S. The number of morpholine rings is 1. The first-order valence-electron chi connectivity index (χ1n) is 9.75. The van der Waals surface area contributed by atoms with Crippen molar-refractivity contribution in [3.8, 4) is 0 Å². The van der Waals surface area contributed by atoms with Crippen LogP contribution in [0.25, 0.3) is 0 Å². The maximum atomic E-state index is 5.80. The third-order valence-corrected chi connectivity index (χ3v) is 8.60. The lowest BCUT2D eigenvalue weighted by Crippen LogP contribution is -2.61. The van der Waals surface area contributed by atoms with Crippen molar-refractivity contribution in [3.63, 3.8) is 0 Å².